The van der Waals surface area contributed by atoms with E-state index in [9.17, 15) is 13.6 Å². The van der Waals surface area contributed by atoms with Crippen LogP contribution >= 0.6 is 0 Å². The van der Waals surface area contributed by atoms with E-state index >= 15 is 0 Å². The van der Waals surface area contributed by atoms with Gasteiger partial charge in [-0.3, -0.25) is 0 Å². The van der Waals surface area contributed by atoms with Gasteiger partial charge in [-0.2, -0.15) is 4.68 Å². The first-order chi connectivity index (χ1) is 11.0. The Morgan fingerprint density at radius 2 is 2.09 bits per heavy atom. The summed E-state index contributed by atoms with van der Waals surface area (Å²) in [6.07, 6.45) is 0. The summed E-state index contributed by atoms with van der Waals surface area (Å²) in [5, 5.41) is 13.8. The molecule has 3 rings (SSSR count). The summed E-state index contributed by atoms with van der Waals surface area (Å²) >= 11 is 0. The van der Waals surface area contributed by atoms with Crippen molar-refractivity contribution in [3.05, 3.63) is 46.7 Å². The number of nitrogens with one attached hydrogen (secondary N) is 1. The minimum atomic E-state index is -1.15. The van der Waals surface area contributed by atoms with E-state index in [1.54, 1.807) is 13.8 Å². The van der Waals surface area contributed by atoms with Crippen molar-refractivity contribution in [1.82, 2.24) is 20.2 Å². The summed E-state index contributed by atoms with van der Waals surface area (Å²) in [5.41, 5.74) is 0.110. The fourth-order valence-electron chi connectivity index (χ4n) is 2.52. The van der Waals surface area contributed by atoms with Crippen molar-refractivity contribution in [2.24, 2.45) is 0 Å². The largest absolute Gasteiger partial charge is 0.463 e. The number of carbonyl (C=O) groups excluding carboxylic acids is 1. The second-order valence-electron chi connectivity index (χ2n) is 4.87. The Bertz CT molecular complexity index is 782. The quantitative estimate of drug-likeness (QED) is 0.868. The molecule has 2 aromatic rings. The highest BCUT2D eigenvalue weighted by Crippen LogP contribution is 2.37. The second-order valence-corrected chi connectivity index (χ2v) is 4.87. The number of benzene rings is 1. The molecule has 1 aromatic carbocycles. The Morgan fingerprint density at radius 3 is 2.74 bits per heavy atom. The molecule has 0 spiro atoms. The van der Waals surface area contributed by atoms with Crippen LogP contribution in [0.4, 0.5) is 14.7 Å². The maximum Gasteiger partial charge on any atom is 0.338 e. The molecule has 2 heterocycles. The molecular formula is C14H13F2N5O2. The summed E-state index contributed by atoms with van der Waals surface area (Å²) < 4.78 is 34.7. The molecule has 0 saturated carbocycles. The van der Waals surface area contributed by atoms with Crippen molar-refractivity contribution in [1.29, 1.82) is 0 Å². The Balaban J connectivity index is 2.23. The lowest BCUT2D eigenvalue weighted by Gasteiger charge is -2.27. The number of esters is 1. The van der Waals surface area contributed by atoms with E-state index in [0.717, 1.165) is 16.8 Å². The van der Waals surface area contributed by atoms with Crippen molar-refractivity contribution < 1.29 is 18.3 Å². The molecule has 0 unspecified atom stereocenters. The Morgan fingerprint density at radius 1 is 1.39 bits per heavy atom. The summed E-state index contributed by atoms with van der Waals surface area (Å²) in [6, 6.07) is 2.32. The van der Waals surface area contributed by atoms with Gasteiger partial charge >= 0.3 is 5.97 Å². The monoisotopic (exact) mass is 321 g/mol. The number of hydrogen-bond acceptors (Lipinski definition) is 6. The zero-order valence-electron chi connectivity index (χ0n) is 12.4. The average Bonchev–Trinajstić information content (AvgIpc) is 2.94. The molecule has 0 radical (unpaired) electrons. The summed E-state index contributed by atoms with van der Waals surface area (Å²) in [7, 11) is 0. The molecule has 1 N–H and O–H groups in total. The van der Waals surface area contributed by atoms with E-state index in [1.807, 2.05) is 0 Å². The van der Waals surface area contributed by atoms with Gasteiger partial charge in [-0.15, -0.1) is 0 Å². The Labute approximate surface area is 129 Å². The molecule has 9 heteroatoms. The van der Waals surface area contributed by atoms with E-state index in [1.165, 1.54) is 6.07 Å². The van der Waals surface area contributed by atoms with Gasteiger partial charge < -0.3 is 10.1 Å². The average molecular weight is 321 g/mol. The number of halogens is 2. The molecule has 23 heavy (non-hydrogen) atoms. The summed E-state index contributed by atoms with van der Waals surface area (Å²) in [6.45, 7) is 3.37. The molecule has 0 bridgehead atoms. The molecule has 7 nitrogen and oxygen atoms in total. The lowest BCUT2D eigenvalue weighted by atomic mass is 9.95. The molecule has 120 valence electrons. The van der Waals surface area contributed by atoms with Gasteiger partial charge in [0.15, 0.2) is 0 Å². The zero-order valence-corrected chi connectivity index (χ0v) is 12.4. The van der Waals surface area contributed by atoms with Crippen molar-refractivity contribution in [2.45, 2.75) is 19.9 Å². The predicted octanol–water partition coefficient (Wildman–Crippen LogP) is 1.80. The molecule has 1 aromatic heterocycles. The van der Waals surface area contributed by atoms with E-state index in [2.05, 4.69) is 20.8 Å². The molecule has 0 fully saturated rings. The number of allylic oxidation sites excluding steroid dienone is 1. The van der Waals surface area contributed by atoms with Crippen molar-refractivity contribution in [3.8, 4) is 0 Å². The van der Waals surface area contributed by atoms with E-state index < -0.39 is 23.6 Å². The van der Waals surface area contributed by atoms with Crippen molar-refractivity contribution in [3.63, 3.8) is 0 Å². The highest BCUT2D eigenvalue weighted by molar-refractivity contribution is 5.92. The molecule has 1 aliphatic rings. The standard InChI is InChI=1S/C14H13F2N5O2/c1-3-23-13(22)10-7(2)17-14-18-19-20-21(14)12(10)11-8(15)5-4-6-9(11)16/h4-6,12H,3H2,1-2H3,(H,17,18,20)/t12-/m0/s1. The summed E-state index contributed by atoms with van der Waals surface area (Å²) in [4.78, 5) is 12.3. The van der Waals surface area contributed by atoms with Gasteiger partial charge in [0.05, 0.1) is 17.7 Å². The fraction of sp³-hybridized carbons (Fsp3) is 0.286. The molecule has 1 aliphatic heterocycles. The third-order valence-corrected chi connectivity index (χ3v) is 3.48. The van der Waals surface area contributed by atoms with Crippen LogP contribution < -0.4 is 5.32 Å². The Hall–Kier alpha value is -2.84. The van der Waals surface area contributed by atoms with Crippen LogP contribution in [-0.4, -0.2) is 32.8 Å². The maximum atomic E-state index is 14.3. The number of hydrogen-bond donors (Lipinski definition) is 1. The number of fused-ring (bicyclic) bond motifs is 1. The SMILES string of the molecule is CCOC(=O)C1=C(C)Nc2nnnn2[C@@H]1c1c(F)cccc1F. The predicted molar refractivity (Wildman–Crippen MR) is 75.3 cm³/mol. The van der Waals surface area contributed by atoms with Crippen LogP contribution in [0, 0.1) is 11.6 Å². The second kappa shape index (κ2) is 5.75. The van der Waals surface area contributed by atoms with Crippen LogP contribution in [0.1, 0.15) is 25.5 Å². The zero-order chi connectivity index (χ0) is 16.6. The normalized spacial score (nSPS) is 16.8. The lowest BCUT2D eigenvalue weighted by Crippen LogP contribution is -2.31. The first-order valence-electron chi connectivity index (χ1n) is 6.91. The third-order valence-electron chi connectivity index (χ3n) is 3.48. The number of rotatable bonds is 3. The first kappa shape index (κ1) is 15.1. The summed E-state index contributed by atoms with van der Waals surface area (Å²) in [5.74, 6) is -2.10. The number of ether oxygens (including phenoxy) is 1. The smallest absolute Gasteiger partial charge is 0.338 e. The molecular weight excluding hydrogens is 308 g/mol. The highest BCUT2D eigenvalue weighted by atomic mass is 19.1. The topological polar surface area (TPSA) is 81.9 Å². The van der Waals surface area contributed by atoms with Gasteiger partial charge in [0.1, 0.15) is 17.7 Å². The molecule has 0 aliphatic carbocycles. The van der Waals surface area contributed by atoms with Gasteiger partial charge in [-0.05, 0) is 36.4 Å². The van der Waals surface area contributed by atoms with Crippen LogP contribution in [0.25, 0.3) is 0 Å². The number of nitrogens with zero attached hydrogens (tertiary/aromatic N) is 4. The Kier molecular flexibility index (Phi) is 3.77. The van der Waals surface area contributed by atoms with Crippen molar-refractivity contribution >= 4 is 11.9 Å². The maximum absolute atomic E-state index is 14.3. The molecule has 0 saturated heterocycles. The van der Waals surface area contributed by atoms with E-state index in [-0.39, 0.29) is 23.7 Å². The van der Waals surface area contributed by atoms with E-state index in [4.69, 9.17) is 4.74 Å². The lowest BCUT2D eigenvalue weighted by molar-refractivity contribution is -0.139. The molecule has 0 amide bonds. The first-order valence-corrected chi connectivity index (χ1v) is 6.91. The van der Waals surface area contributed by atoms with E-state index in [0.29, 0.717) is 5.70 Å². The number of aromatic nitrogens is 4. The van der Waals surface area contributed by atoms with Gasteiger partial charge in [0.2, 0.25) is 5.95 Å². The van der Waals surface area contributed by atoms with Gasteiger partial charge in [-0.25, -0.2) is 13.6 Å². The van der Waals surface area contributed by atoms with Crippen LogP contribution in [0.3, 0.4) is 0 Å². The minimum absolute atomic E-state index is 0.0515. The van der Waals surface area contributed by atoms with Gasteiger partial charge in [0.25, 0.3) is 0 Å². The van der Waals surface area contributed by atoms with Crippen LogP contribution in [0.5, 0.6) is 0 Å². The third kappa shape index (κ3) is 2.43. The van der Waals surface area contributed by atoms with Gasteiger partial charge in [0, 0.05) is 5.70 Å². The number of tetrazole rings is 1. The fourth-order valence-corrected chi connectivity index (χ4v) is 2.52. The minimum Gasteiger partial charge on any atom is -0.463 e. The van der Waals surface area contributed by atoms with Crippen LogP contribution in [-0.2, 0) is 9.53 Å². The number of anilines is 1. The van der Waals surface area contributed by atoms with Crippen LogP contribution in [0.2, 0.25) is 0 Å². The van der Waals surface area contributed by atoms with Crippen LogP contribution in [0.15, 0.2) is 29.5 Å². The molecule has 1 atom stereocenters. The van der Waals surface area contributed by atoms with Crippen molar-refractivity contribution in [2.75, 3.05) is 11.9 Å². The van der Waals surface area contributed by atoms with Gasteiger partial charge in [-0.1, -0.05) is 11.2 Å². The highest BCUT2D eigenvalue weighted by Gasteiger charge is 2.37. The number of carbonyl (C=O) groups is 1.